The van der Waals surface area contributed by atoms with Crippen LogP contribution < -0.4 is 4.90 Å². The Hall–Kier alpha value is -4.07. The first-order valence-electron chi connectivity index (χ1n) is 8.77. The number of benzene rings is 3. The highest BCUT2D eigenvalue weighted by molar-refractivity contribution is 6.13. The third kappa shape index (κ3) is 3.18. The Morgan fingerprint density at radius 1 is 0.833 bits per heavy atom. The molecule has 0 saturated heterocycles. The highest BCUT2D eigenvalue weighted by Gasteiger charge is 2.32. The summed E-state index contributed by atoms with van der Waals surface area (Å²) in [6.45, 7) is 0.0512. The van der Waals surface area contributed by atoms with E-state index in [2.05, 4.69) is 0 Å². The van der Waals surface area contributed by atoms with Crippen molar-refractivity contribution in [2.75, 3.05) is 4.90 Å². The molecule has 0 radical (unpaired) electrons. The Bertz CT molecular complexity index is 1240. The van der Waals surface area contributed by atoms with E-state index in [1.54, 1.807) is 0 Å². The third-order valence-electron chi connectivity index (χ3n) is 4.93. The van der Waals surface area contributed by atoms with Gasteiger partial charge < -0.3 is 15.1 Å². The molecule has 0 atom stereocenters. The van der Waals surface area contributed by atoms with Crippen molar-refractivity contribution in [3.05, 3.63) is 88.5 Å². The minimum atomic E-state index is -1.27. The number of rotatable bonds is 4. The zero-order chi connectivity index (χ0) is 21.6. The summed E-state index contributed by atoms with van der Waals surface area (Å²) in [6, 6.07) is 11.6. The van der Waals surface area contributed by atoms with Crippen molar-refractivity contribution in [2.45, 2.75) is 6.54 Å². The lowest BCUT2D eigenvalue weighted by molar-refractivity contribution is 0.0686. The highest BCUT2D eigenvalue weighted by atomic mass is 19.2. The van der Waals surface area contributed by atoms with E-state index in [9.17, 15) is 28.3 Å². The Balaban J connectivity index is 1.81. The predicted molar refractivity (Wildman–Crippen MR) is 103 cm³/mol. The predicted octanol–water partition coefficient (Wildman–Crippen LogP) is 4.19. The summed E-state index contributed by atoms with van der Waals surface area (Å²) in [4.78, 5) is 37.1. The van der Waals surface area contributed by atoms with Crippen LogP contribution in [0, 0.1) is 11.6 Å². The molecule has 0 aliphatic carbocycles. The van der Waals surface area contributed by atoms with Crippen molar-refractivity contribution in [3.8, 4) is 11.1 Å². The third-order valence-corrected chi connectivity index (χ3v) is 4.93. The number of amides is 1. The van der Waals surface area contributed by atoms with Gasteiger partial charge >= 0.3 is 11.9 Å². The van der Waals surface area contributed by atoms with Crippen LogP contribution in [0.25, 0.3) is 11.1 Å². The lowest BCUT2D eigenvalue weighted by Crippen LogP contribution is -2.25. The molecule has 0 saturated carbocycles. The molecule has 0 spiro atoms. The molecule has 30 heavy (non-hydrogen) atoms. The first-order chi connectivity index (χ1) is 14.3. The number of halogens is 2. The van der Waals surface area contributed by atoms with Gasteiger partial charge in [0.1, 0.15) is 0 Å². The van der Waals surface area contributed by atoms with E-state index in [0.29, 0.717) is 16.7 Å². The molecule has 0 aromatic heterocycles. The molecule has 3 aromatic rings. The van der Waals surface area contributed by atoms with E-state index >= 15 is 0 Å². The van der Waals surface area contributed by atoms with E-state index in [4.69, 9.17) is 5.11 Å². The summed E-state index contributed by atoms with van der Waals surface area (Å²) < 4.78 is 26.9. The van der Waals surface area contributed by atoms with Gasteiger partial charge in [-0.05, 0) is 53.1 Å². The van der Waals surface area contributed by atoms with Crippen molar-refractivity contribution in [3.63, 3.8) is 0 Å². The SMILES string of the molecule is O=C(O)c1ccc2c(c1)C(=O)N(c1cc(-c3ccc(F)c(F)c3)ccc1C(=O)O)C2. The van der Waals surface area contributed by atoms with Gasteiger partial charge in [-0.25, -0.2) is 18.4 Å². The molecule has 4 rings (SSSR count). The molecular weight excluding hydrogens is 396 g/mol. The fourth-order valence-corrected chi connectivity index (χ4v) is 3.42. The molecule has 6 nitrogen and oxygen atoms in total. The largest absolute Gasteiger partial charge is 0.478 e. The second-order valence-corrected chi connectivity index (χ2v) is 6.73. The maximum Gasteiger partial charge on any atom is 0.337 e. The summed E-state index contributed by atoms with van der Waals surface area (Å²) in [5.74, 6) is -5.06. The van der Waals surface area contributed by atoms with Gasteiger partial charge in [0, 0.05) is 5.56 Å². The minimum Gasteiger partial charge on any atom is -0.478 e. The van der Waals surface area contributed by atoms with Gasteiger partial charge in [0.15, 0.2) is 11.6 Å². The number of anilines is 1. The Morgan fingerprint density at radius 3 is 2.20 bits per heavy atom. The smallest absolute Gasteiger partial charge is 0.337 e. The number of fused-ring (bicyclic) bond motifs is 1. The molecule has 1 heterocycles. The van der Waals surface area contributed by atoms with Crippen LogP contribution in [0.3, 0.4) is 0 Å². The number of nitrogens with zero attached hydrogens (tertiary/aromatic N) is 1. The van der Waals surface area contributed by atoms with Gasteiger partial charge in [-0.2, -0.15) is 0 Å². The van der Waals surface area contributed by atoms with Crippen LogP contribution in [0.15, 0.2) is 54.6 Å². The van der Waals surface area contributed by atoms with Crippen LogP contribution in [0.5, 0.6) is 0 Å². The van der Waals surface area contributed by atoms with Crippen LogP contribution in [0.4, 0.5) is 14.5 Å². The molecule has 150 valence electrons. The van der Waals surface area contributed by atoms with E-state index in [1.165, 1.54) is 47.4 Å². The minimum absolute atomic E-state index is 0.0512. The molecule has 0 fully saturated rings. The first kappa shape index (κ1) is 19.3. The summed E-state index contributed by atoms with van der Waals surface area (Å²) >= 11 is 0. The second kappa shape index (κ2) is 7.07. The van der Waals surface area contributed by atoms with Crippen LogP contribution in [-0.2, 0) is 6.54 Å². The molecule has 3 aromatic carbocycles. The first-order valence-corrected chi connectivity index (χ1v) is 8.77. The molecule has 1 amide bonds. The highest BCUT2D eigenvalue weighted by Crippen LogP contribution is 2.35. The monoisotopic (exact) mass is 409 g/mol. The van der Waals surface area contributed by atoms with Crippen LogP contribution in [-0.4, -0.2) is 28.1 Å². The average molecular weight is 409 g/mol. The number of hydrogen-bond donors (Lipinski definition) is 2. The maximum atomic E-state index is 13.6. The maximum absolute atomic E-state index is 13.6. The molecule has 1 aliphatic heterocycles. The normalized spacial score (nSPS) is 12.7. The van der Waals surface area contributed by atoms with Gasteiger partial charge in [-0.3, -0.25) is 4.79 Å². The number of hydrogen-bond acceptors (Lipinski definition) is 3. The van der Waals surface area contributed by atoms with Gasteiger partial charge in [0.05, 0.1) is 23.4 Å². The Kier molecular flexibility index (Phi) is 4.54. The van der Waals surface area contributed by atoms with Gasteiger partial charge in [-0.1, -0.05) is 18.2 Å². The number of carbonyl (C=O) groups is 3. The topological polar surface area (TPSA) is 94.9 Å². The zero-order valence-electron chi connectivity index (χ0n) is 15.2. The second-order valence-electron chi connectivity index (χ2n) is 6.73. The number of aromatic carboxylic acids is 2. The molecular formula is C22H13F2NO5. The number of carbonyl (C=O) groups excluding carboxylic acids is 1. The zero-order valence-corrected chi connectivity index (χ0v) is 15.2. The van der Waals surface area contributed by atoms with Crippen LogP contribution in [0.1, 0.15) is 36.6 Å². The molecule has 0 bridgehead atoms. The summed E-state index contributed by atoms with van der Waals surface area (Å²) in [6.07, 6.45) is 0. The molecule has 2 N–H and O–H groups in total. The van der Waals surface area contributed by atoms with Crippen molar-refractivity contribution in [1.82, 2.24) is 0 Å². The van der Waals surface area contributed by atoms with Crippen molar-refractivity contribution < 1.29 is 33.4 Å². The molecule has 0 unspecified atom stereocenters. The lowest BCUT2D eigenvalue weighted by Gasteiger charge is -2.19. The average Bonchev–Trinajstić information content (AvgIpc) is 3.05. The lowest BCUT2D eigenvalue weighted by atomic mass is 10.0. The van der Waals surface area contributed by atoms with E-state index in [1.807, 2.05) is 0 Å². The summed E-state index contributed by atoms with van der Waals surface area (Å²) in [7, 11) is 0. The van der Waals surface area contributed by atoms with Crippen molar-refractivity contribution in [2.24, 2.45) is 0 Å². The van der Waals surface area contributed by atoms with Crippen LogP contribution in [0.2, 0.25) is 0 Å². The van der Waals surface area contributed by atoms with Crippen LogP contribution >= 0.6 is 0 Å². The number of carboxylic acid groups (broad SMARTS) is 2. The van der Waals surface area contributed by atoms with E-state index < -0.39 is 29.5 Å². The van der Waals surface area contributed by atoms with Crippen molar-refractivity contribution >= 4 is 23.5 Å². The van der Waals surface area contributed by atoms with Gasteiger partial charge in [0.2, 0.25) is 0 Å². The quantitative estimate of drug-likeness (QED) is 0.674. The fourth-order valence-electron chi connectivity index (χ4n) is 3.42. The van der Waals surface area contributed by atoms with Crippen molar-refractivity contribution in [1.29, 1.82) is 0 Å². The Morgan fingerprint density at radius 2 is 1.53 bits per heavy atom. The van der Waals surface area contributed by atoms with Gasteiger partial charge in [-0.15, -0.1) is 0 Å². The van der Waals surface area contributed by atoms with E-state index in [0.717, 1.165) is 12.1 Å². The Labute approximate surface area is 168 Å². The molecule has 8 heteroatoms. The van der Waals surface area contributed by atoms with Gasteiger partial charge in [0.25, 0.3) is 5.91 Å². The van der Waals surface area contributed by atoms with E-state index in [-0.39, 0.29) is 28.9 Å². The fraction of sp³-hybridized carbons (Fsp3) is 0.0455. The molecule has 1 aliphatic rings. The summed E-state index contributed by atoms with van der Waals surface area (Å²) in [5.41, 5.74) is 1.29. The number of carboxylic acids is 2. The summed E-state index contributed by atoms with van der Waals surface area (Å²) in [5, 5.41) is 18.7. The standard InChI is InChI=1S/C22H13F2NO5/c23-17-6-4-11(8-18(17)24)12-3-5-15(22(29)30)19(9-12)25-10-14-2-1-13(21(27)28)7-16(14)20(25)26/h1-9H,10H2,(H,27,28)(H,29,30).